The quantitative estimate of drug-likeness (QED) is 0.824. The standard InChI is InChI=1S/C18H22N2O2/c1-3-22-17-12-8-7-11-16(17)19-13-18(21)20-14(2)15-9-5-4-6-10-15/h4-12,14,19H,3,13H2,1-2H3,(H,20,21)/t14-/m1/s1. The Morgan fingerprint density at radius 3 is 2.50 bits per heavy atom. The van der Waals surface area contributed by atoms with Gasteiger partial charge in [-0.05, 0) is 31.5 Å². The van der Waals surface area contributed by atoms with Gasteiger partial charge in [0.1, 0.15) is 5.75 Å². The summed E-state index contributed by atoms with van der Waals surface area (Å²) in [5.74, 6) is 0.705. The Morgan fingerprint density at radius 2 is 1.77 bits per heavy atom. The number of hydrogen-bond donors (Lipinski definition) is 2. The molecule has 0 fully saturated rings. The minimum atomic E-state index is -0.0531. The van der Waals surface area contributed by atoms with E-state index in [9.17, 15) is 4.79 Å². The SMILES string of the molecule is CCOc1ccccc1NCC(=O)N[C@H](C)c1ccccc1. The van der Waals surface area contributed by atoms with E-state index in [1.807, 2.05) is 68.4 Å². The van der Waals surface area contributed by atoms with Crippen LogP contribution in [0, 0.1) is 0 Å². The van der Waals surface area contributed by atoms with E-state index in [4.69, 9.17) is 4.74 Å². The molecule has 0 aliphatic heterocycles. The van der Waals surface area contributed by atoms with Gasteiger partial charge < -0.3 is 15.4 Å². The molecule has 116 valence electrons. The van der Waals surface area contributed by atoms with Crippen LogP contribution in [-0.4, -0.2) is 19.1 Å². The summed E-state index contributed by atoms with van der Waals surface area (Å²) in [4.78, 5) is 12.1. The molecule has 2 rings (SSSR count). The Bertz CT molecular complexity index is 599. The van der Waals surface area contributed by atoms with Crippen molar-refractivity contribution in [3.05, 3.63) is 60.2 Å². The maximum absolute atomic E-state index is 12.1. The Balaban J connectivity index is 1.88. The van der Waals surface area contributed by atoms with E-state index >= 15 is 0 Å². The van der Waals surface area contributed by atoms with E-state index in [2.05, 4.69) is 10.6 Å². The average molecular weight is 298 g/mol. The van der Waals surface area contributed by atoms with Gasteiger partial charge >= 0.3 is 0 Å². The molecule has 2 N–H and O–H groups in total. The second-order valence-electron chi connectivity index (χ2n) is 4.98. The molecule has 2 aromatic rings. The molecule has 0 spiro atoms. The number of ether oxygens (including phenoxy) is 1. The van der Waals surface area contributed by atoms with Crippen LogP contribution in [0.3, 0.4) is 0 Å². The molecule has 0 heterocycles. The first-order valence-corrected chi connectivity index (χ1v) is 7.50. The van der Waals surface area contributed by atoms with Crippen LogP contribution >= 0.6 is 0 Å². The molecule has 22 heavy (non-hydrogen) atoms. The average Bonchev–Trinajstić information content (AvgIpc) is 2.55. The van der Waals surface area contributed by atoms with Gasteiger partial charge in [-0.1, -0.05) is 42.5 Å². The fourth-order valence-corrected chi connectivity index (χ4v) is 2.19. The van der Waals surface area contributed by atoms with E-state index in [1.165, 1.54) is 0 Å². The van der Waals surface area contributed by atoms with E-state index in [0.717, 1.165) is 17.0 Å². The molecular formula is C18H22N2O2. The van der Waals surface area contributed by atoms with E-state index in [-0.39, 0.29) is 18.5 Å². The lowest BCUT2D eigenvalue weighted by Gasteiger charge is -2.16. The number of carbonyl (C=O) groups excluding carboxylic acids is 1. The largest absolute Gasteiger partial charge is 0.492 e. The zero-order valence-corrected chi connectivity index (χ0v) is 13.0. The summed E-state index contributed by atoms with van der Waals surface area (Å²) in [6, 6.07) is 17.5. The van der Waals surface area contributed by atoms with Crippen molar-refractivity contribution in [2.75, 3.05) is 18.5 Å². The van der Waals surface area contributed by atoms with E-state index in [0.29, 0.717) is 6.61 Å². The minimum Gasteiger partial charge on any atom is -0.492 e. The zero-order chi connectivity index (χ0) is 15.8. The molecule has 2 aromatic carbocycles. The van der Waals surface area contributed by atoms with Crippen LogP contribution < -0.4 is 15.4 Å². The van der Waals surface area contributed by atoms with Crippen LogP contribution in [-0.2, 0) is 4.79 Å². The molecule has 4 heteroatoms. The lowest BCUT2D eigenvalue weighted by Crippen LogP contribution is -2.32. The van der Waals surface area contributed by atoms with Crippen molar-refractivity contribution in [3.8, 4) is 5.75 Å². The van der Waals surface area contributed by atoms with Gasteiger partial charge in [0, 0.05) is 0 Å². The first kappa shape index (κ1) is 15.9. The van der Waals surface area contributed by atoms with Gasteiger partial charge in [0.05, 0.1) is 24.9 Å². The van der Waals surface area contributed by atoms with Crippen molar-refractivity contribution in [2.45, 2.75) is 19.9 Å². The van der Waals surface area contributed by atoms with Crippen molar-refractivity contribution < 1.29 is 9.53 Å². The van der Waals surface area contributed by atoms with Gasteiger partial charge in [-0.3, -0.25) is 4.79 Å². The van der Waals surface area contributed by atoms with E-state index in [1.54, 1.807) is 0 Å². The van der Waals surface area contributed by atoms with Crippen LogP contribution in [0.15, 0.2) is 54.6 Å². The van der Waals surface area contributed by atoms with Crippen molar-refractivity contribution in [3.63, 3.8) is 0 Å². The highest BCUT2D eigenvalue weighted by Gasteiger charge is 2.10. The summed E-state index contributed by atoms with van der Waals surface area (Å²) in [5, 5.41) is 6.09. The fraction of sp³-hybridized carbons (Fsp3) is 0.278. The molecule has 0 unspecified atom stereocenters. The second kappa shape index (κ2) is 8.08. The van der Waals surface area contributed by atoms with Crippen LogP contribution in [0.25, 0.3) is 0 Å². The van der Waals surface area contributed by atoms with Crippen molar-refractivity contribution in [2.24, 2.45) is 0 Å². The fourth-order valence-electron chi connectivity index (χ4n) is 2.19. The van der Waals surface area contributed by atoms with E-state index < -0.39 is 0 Å². The topological polar surface area (TPSA) is 50.4 Å². The maximum Gasteiger partial charge on any atom is 0.239 e. The zero-order valence-electron chi connectivity index (χ0n) is 13.0. The normalized spacial score (nSPS) is 11.5. The molecule has 0 saturated heterocycles. The summed E-state index contributed by atoms with van der Waals surface area (Å²) >= 11 is 0. The number of amides is 1. The van der Waals surface area contributed by atoms with Gasteiger partial charge in [-0.15, -0.1) is 0 Å². The third-order valence-electron chi connectivity index (χ3n) is 3.30. The Morgan fingerprint density at radius 1 is 1.09 bits per heavy atom. The highest BCUT2D eigenvalue weighted by molar-refractivity contribution is 5.81. The van der Waals surface area contributed by atoms with Gasteiger partial charge in [-0.25, -0.2) is 0 Å². The molecule has 0 aromatic heterocycles. The summed E-state index contributed by atoms with van der Waals surface area (Å²) in [7, 11) is 0. The number of rotatable bonds is 7. The van der Waals surface area contributed by atoms with Crippen LogP contribution in [0.2, 0.25) is 0 Å². The smallest absolute Gasteiger partial charge is 0.239 e. The summed E-state index contributed by atoms with van der Waals surface area (Å²) in [6.07, 6.45) is 0. The molecule has 0 aliphatic rings. The summed E-state index contributed by atoms with van der Waals surface area (Å²) in [6.45, 7) is 4.71. The number of hydrogen-bond acceptors (Lipinski definition) is 3. The van der Waals surface area contributed by atoms with Gasteiger partial charge in [0.2, 0.25) is 5.91 Å². The molecule has 0 radical (unpaired) electrons. The Hall–Kier alpha value is -2.49. The van der Waals surface area contributed by atoms with Crippen LogP contribution in [0.4, 0.5) is 5.69 Å². The Kier molecular flexibility index (Phi) is 5.83. The first-order chi connectivity index (χ1) is 10.7. The minimum absolute atomic E-state index is 0.0161. The molecular weight excluding hydrogens is 276 g/mol. The van der Waals surface area contributed by atoms with Crippen LogP contribution in [0.1, 0.15) is 25.5 Å². The second-order valence-corrected chi connectivity index (χ2v) is 4.98. The lowest BCUT2D eigenvalue weighted by atomic mass is 10.1. The number of anilines is 1. The molecule has 1 amide bonds. The molecule has 4 nitrogen and oxygen atoms in total. The first-order valence-electron chi connectivity index (χ1n) is 7.50. The highest BCUT2D eigenvalue weighted by Crippen LogP contribution is 2.23. The van der Waals surface area contributed by atoms with Gasteiger partial charge in [-0.2, -0.15) is 0 Å². The predicted molar refractivity (Wildman–Crippen MR) is 89.1 cm³/mol. The van der Waals surface area contributed by atoms with Crippen molar-refractivity contribution in [1.82, 2.24) is 5.32 Å². The number of nitrogens with one attached hydrogen (secondary N) is 2. The molecule has 1 atom stereocenters. The van der Waals surface area contributed by atoms with Gasteiger partial charge in [0.15, 0.2) is 0 Å². The summed E-state index contributed by atoms with van der Waals surface area (Å²) in [5.41, 5.74) is 1.91. The third-order valence-corrected chi connectivity index (χ3v) is 3.30. The highest BCUT2D eigenvalue weighted by atomic mass is 16.5. The van der Waals surface area contributed by atoms with Crippen LogP contribution in [0.5, 0.6) is 5.75 Å². The molecule has 0 saturated carbocycles. The molecule has 0 bridgehead atoms. The number of para-hydroxylation sites is 2. The number of benzene rings is 2. The lowest BCUT2D eigenvalue weighted by molar-refractivity contribution is -0.120. The summed E-state index contributed by atoms with van der Waals surface area (Å²) < 4.78 is 5.53. The monoisotopic (exact) mass is 298 g/mol. The van der Waals surface area contributed by atoms with Crippen molar-refractivity contribution in [1.29, 1.82) is 0 Å². The third kappa shape index (κ3) is 4.52. The maximum atomic E-state index is 12.1. The van der Waals surface area contributed by atoms with Crippen molar-refractivity contribution >= 4 is 11.6 Å². The Labute approximate surface area is 131 Å². The molecule has 0 aliphatic carbocycles. The predicted octanol–water partition coefficient (Wildman–Crippen LogP) is 3.37. The van der Waals surface area contributed by atoms with Gasteiger partial charge in [0.25, 0.3) is 0 Å². The number of carbonyl (C=O) groups is 1.